The number of hydrogen-bond donors (Lipinski definition) is 1. The third-order valence-electron chi connectivity index (χ3n) is 3.41. The number of nitrogens with one attached hydrogen (secondary N) is 1. The zero-order valence-electron chi connectivity index (χ0n) is 11.2. The van der Waals surface area contributed by atoms with Gasteiger partial charge < -0.3 is 10.2 Å². The largest absolute Gasteiger partial charge is 0.352 e. The molecule has 19 heavy (non-hydrogen) atoms. The predicted molar refractivity (Wildman–Crippen MR) is 74.4 cm³/mol. The van der Waals surface area contributed by atoms with Gasteiger partial charge in [0.25, 0.3) is 5.69 Å². The maximum atomic E-state index is 10.7. The lowest BCUT2D eigenvalue weighted by Crippen LogP contribution is -2.46. The van der Waals surface area contributed by atoms with Crippen molar-refractivity contribution in [2.75, 3.05) is 24.5 Å². The summed E-state index contributed by atoms with van der Waals surface area (Å²) in [6.45, 7) is 5.09. The van der Waals surface area contributed by atoms with E-state index in [4.69, 9.17) is 0 Å². The minimum atomic E-state index is -0.414. The molecule has 0 saturated carbocycles. The number of pyridine rings is 1. The Morgan fingerprint density at radius 1 is 1.58 bits per heavy atom. The van der Waals surface area contributed by atoms with Crippen molar-refractivity contribution in [1.82, 2.24) is 10.3 Å². The van der Waals surface area contributed by atoms with E-state index in [-0.39, 0.29) is 5.69 Å². The van der Waals surface area contributed by atoms with Crippen LogP contribution in [-0.2, 0) is 0 Å². The second-order valence-electron chi connectivity index (χ2n) is 4.83. The molecule has 1 aliphatic heterocycles. The molecule has 6 nitrogen and oxygen atoms in total. The van der Waals surface area contributed by atoms with Crippen molar-refractivity contribution >= 4 is 11.5 Å². The Balaban J connectivity index is 2.15. The van der Waals surface area contributed by atoms with Crippen LogP contribution in [0.4, 0.5) is 11.5 Å². The first-order valence-corrected chi connectivity index (χ1v) is 6.80. The van der Waals surface area contributed by atoms with Crippen molar-refractivity contribution in [3.63, 3.8) is 0 Å². The van der Waals surface area contributed by atoms with Crippen molar-refractivity contribution < 1.29 is 4.92 Å². The molecule has 1 aromatic rings. The maximum absolute atomic E-state index is 10.7. The van der Waals surface area contributed by atoms with Crippen LogP contribution >= 0.6 is 0 Å². The topological polar surface area (TPSA) is 71.3 Å². The van der Waals surface area contributed by atoms with Gasteiger partial charge in [-0.1, -0.05) is 6.92 Å². The number of aromatic nitrogens is 1. The SMILES string of the molecule is CCCN(c1ccc([N+](=O)[O-])cn1)C1CCCNC1. The molecular formula is C13H20N4O2. The Bertz CT molecular complexity index is 415. The summed E-state index contributed by atoms with van der Waals surface area (Å²) in [5, 5.41) is 14.0. The lowest BCUT2D eigenvalue weighted by molar-refractivity contribution is -0.385. The molecule has 0 aromatic carbocycles. The number of piperidine rings is 1. The molecule has 104 valence electrons. The Morgan fingerprint density at radius 3 is 2.95 bits per heavy atom. The Labute approximate surface area is 113 Å². The zero-order valence-corrected chi connectivity index (χ0v) is 11.2. The predicted octanol–water partition coefficient (Wildman–Crippen LogP) is 1.96. The Kier molecular flexibility index (Phi) is 4.68. The van der Waals surface area contributed by atoms with Crippen LogP contribution < -0.4 is 10.2 Å². The molecule has 1 aromatic heterocycles. The first-order chi connectivity index (χ1) is 9.22. The third kappa shape index (κ3) is 3.41. The molecule has 1 unspecified atom stereocenters. The van der Waals surface area contributed by atoms with Crippen LogP contribution in [0.5, 0.6) is 0 Å². The van der Waals surface area contributed by atoms with Crippen LogP contribution in [0.2, 0.25) is 0 Å². The number of nitro groups is 1. The second kappa shape index (κ2) is 6.47. The van der Waals surface area contributed by atoms with Gasteiger partial charge in [0.2, 0.25) is 0 Å². The average molecular weight is 264 g/mol. The van der Waals surface area contributed by atoms with E-state index < -0.39 is 4.92 Å². The van der Waals surface area contributed by atoms with E-state index in [2.05, 4.69) is 22.1 Å². The highest BCUT2D eigenvalue weighted by molar-refractivity contribution is 5.44. The Morgan fingerprint density at radius 2 is 2.42 bits per heavy atom. The lowest BCUT2D eigenvalue weighted by atomic mass is 10.1. The zero-order chi connectivity index (χ0) is 13.7. The summed E-state index contributed by atoms with van der Waals surface area (Å²) in [4.78, 5) is 16.7. The summed E-state index contributed by atoms with van der Waals surface area (Å²) >= 11 is 0. The molecule has 1 atom stereocenters. The van der Waals surface area contributed by atoms with Gasteiger partial charge in [-0.2, -0.15) is 0 Å². The summed E-state index contributed by atoms with van der Waals surface area (Å²) in [6.07, 6.45) is 4.69. The highest BCUT2D eigenvalue weighted by Gasteiger charge is 2.21. The van der Waals surface area contributed by atoms with E-state index in [0.29, 0.717) is 6.04 Å². The molecule has 0 bridgehead atoms. The number of hydrogen-bond acceptors (Lipinski definition) is 5. The number of rotatable bonds is 5. The monoisotopic (exact) mass is 264 g/mol. The fourth-order valence-corrected chi connectivity index (χ4v) is 2.48. The maximum Gasteiger partial charge on any atom is 0.287 e. The standard InChI is InChI=1S/C13H20N4O2/c1-2-8-16(11-4-3-7-14-9-11)13-6-5-12(10-15-13)17(18)19/h5-6,10-11,14H,2-4,7-9H2,1H3. The molecule has 0 amide bonds. The van der Waals surface area contributed by atoms with Crippen LogP contribution in [0, 0.1) is 10.1 Å². The molecule has 1 saturated heterocycles. The van der Waals surface area contributed by atoms with Gasteiger partial charge in [-0.25, -0.2) is 4.98 Å². The molecule has 1 aliphatic rings. The molecule has 1 N–H and O–H groups in total. The smallest absolute Gasteiger partial charge is 0.287 e. The van der Waals surface area contributed by atoms with Gasteiger partial charge in [0.15, 0.2) is 0 Å². The van der Waals surface area contributed by atoms with Crippen molar-refractivity contribution in [3.05, 3.63) is 28.4 Å². The fourth-order valence-electron chi connectivity index (χ4n) is 2.48. The van der Waals surface area contributed by atoms with Crippen molar-refractivity contribution in [2.45, 2.75) is 32.2 Å². The number of anilines is 1. The highest BCUT2D eigenvalue weighted by atomic mass is 16.6. The van der Waals surface area contributed by atoms with Gasteiger partial charge in [-0.05, 0) is 31.9 Å². The molecule has 0 spiro atoms. The molecule has 2 heterocycles. The van der Waals surface area contributed by atoms with E-state index in [1.165, 1.54) is 12.3 Å². The van der Waals surface area contributed by atoms with Crippen LogP contribution in [-0.4, -0.2) is 35.6 Å². The van der Waals surface area contributed by atoms with Gasteiger partial charge in [0, 0.05) is 25.2 Å². The van der Waals surface area contributed by atoms with Crippen LogP contribution in [0.15, 0.2) is 18.3 Å². The summed E-state index contributed by atoms with van der Waals surface area (Å²) < 4.78 is 0. The molecule has 0 radical (unpaired) electrons. The van der Waals surface area contributed by atoms with Crippen LogP contribution in [0.3, 0.4) is 0 Å². The molecule has 2 rings (SSSR count). The van der Waals surface area contributed by atoms with Crippen molar-refractivity contribution in [1.29, 1.82) is 0 Å². The van der Waals surface area contributed by atoms with E-state index in [9.17, 15) is 10.1 Å². The van der Waals surface area contributed by atoms with E-state index in [1.54, 1.807) is 6.07 Å². The van der Waals surface area contributed by atoms with Gasteiger partial charge in [0.1, 0.15) is 12.0 Å². The van der Waals surface area contributed by atoms with Gasteiger partial charge in [-0.3, -0.25) is 10.1 Å². The Hall–Kier alpha value is -1.69. The molecule has 6 heteroatoms. The van der Waals surface area contributed by atoms with Crippen molar-refractivity contribution in [2.24, 2.45) is 0 Å². The molecule has 0 aliphatic carbocycles. The van der Waals surface area contributed by atoms with Crippen LogP contribution in [0.1, 0.15) is 26.2 Å². The lowest BCUT2D eigenvalue weighted by Gasteiger charge is -2.35. The summed E-state index contributed by atoms with van der Waals surface area (Å²) in [7, 11) is 0. The summed E-state index contributed by atoms with van der Waals surface area (Å²) in [5.41, 5.74) is 0.0435. The van der Waals surface area contributed by atoms with Crippen molar-refractivity contribution in [3.8, 4) is 0 Å². The van der Waals surface area contributed by atoms with Gasteiger partial charge in [0.05, 0.1) is 4.92 Å². The highest BCUT2D eigenvalue weighted by Crippen LogP contribution is 2.21. The van der Waals surface area contributed by atoms with E-state index in [1.807, 2.05) is 0 Å². The second-order valence-corrected chi connectivity index (χ2v) is 4.83. The average Bonchev–Trinajstić information content (AvgIpc) is 2.46. The summed E-state index contributed by atoms with van der Waals surface area (Å²) in [6, 6.07) is 3.71. The van der Waals surface area contributed by atoms with Gasteiger partial charge >= 0.3 is 0 Å². The van der Waals surface area contributed by atoms with E-state index >= 15 is 0 Å². The first-order valence-electron chi connectivity index (χ1n) is 6.80. The van der Waals surface area contributed by atoms with Crippen LogP contribution in [0.25, 0.3) is 0 Å². The normalized spacial score (nSPS) is 19.1. The number of nitrogens with zero attached hydrogens (tertiary/aromatic N) is 3. The first kappa shape index (κ1) is 13.7. The molecular weight excluding hydrogens is 244 g/mol. The molecule has 1 fully saturated rings. The minimum Gasteiger partial charge on any atom is -0.352 e. The summed E-state index contributed by atoms with van der Waals surface area (Å²) in [5.74, 6) is 0.834. The van der Waals surface area contributed by atoms with E-state index in [0.717, 1.165) is 44.7 Å². The quantitative estimate of drug-likeness (QED) is 0.650. The fraction of sp³-hybridized carbons (Fsp3) is 0.615. The third-order valence-corrected chi connectivity index (χ3v) is 3.41. The minimum absolute atomic E-state index is 0.0435. The van der Waals surface area contributed by atoms with Gasteiger partial charge in [-0.15, -0.1) is 0 Å².